The van der Waals surface area contributed by atoms with E-state index in [0.717, 1.165) is 37.2 Å². The minimum atomic E-state index is 0.00591. The van der Waals surface area contributed by atoms with Crippen molar-refractivity contribution in [1.29, 1.82) is 0 Å². The fourth-order valence-electron chi connectivity index (χ4n) is 2.73. The van der Waals surface area contributed by atoms with Gasteiger partial charge < -0.3 is 10.2 Å². The second-order valence-electron chi connectivity index (χ2n) is 6.06. The summed E-state index contributed by atoms with van der Waals surface area (Å²) in [6.45, 7) is 6.25. The van der Waals surface area contributed by atoms with Gasteiger partial charge in [0, 0.05) is 25.3 Å². The minimum Gasteiger partial charge on any atom is -0.350 e. The normalized spacial score (nSPS) is 14.1. The number of hydrogen-bond acceptors (Lipinski definition) is 4. The highest BCUT2D eigenvalue weighted by Crippen LogP contribution is 2.14. The van der Waals surface area contributed by atoms with Crippen LogP contribution in [0.5, 0.6) is 0 Å². The molecule has 3 rings (SSSR count). The van der Waals surface area contributed by atoms with Gasteiger partial charge >= 0.3 is 0 Å². The maximum Gasteiger partial charge on any atom is 0.272 e. The highest BCUT2D eigenvalue weighted by atomic mass is 16.2. The van der Waals surface area contributed by atoms with Crippen molar-refractivity contribution in [1.82, 2.24) is 14.9 Å². The number of carbonyl (C=O) groups excluding carboxylic acids is 1. The van der Waals surface area contributed by atoms with Crippen LogP contribution in [-0.4, -0.2) is 33.9 Å². The van der Waals surface area contributed by atoms with E-state index in [9.17, 15) is 4.79 Å². The van der Waals surface area contributed by atoms with E-state index in [1.165, 1.54) is 5.56 Å². The van der Waals surface area contributed by atoms with Crippen LogP contribution < -0.4 is 5.32 Å². The Labute approximate surface area is 136 Å². The average molecular weight is 310 g/mol. The zero-order chi connectivity index (χ0) is 16.2. The van der Waals surface area contributed by atoms with Crippen molar-refractivity contribution in [3.63, 3.8) is 0 Å². The smallest absolute Gasteiger partial charge is 0.272 e. The Balaban J connectivity index is 1.72. The van der Waals surface area contributed by atoms with E-state index >= 15 is 0 Å². The van der Waals surface area contributed by atoms with Crippen LogP contribution in [0, 0.1) is 13.8 Å². The Hall–Kier alpha value is -2.43. The summed E-state index contributed by atoms with van der Waals surface area (Å²) >= 11 is 0. The zero-order valence-electron chi connectivity index (χ0n) is 13.7. The average Bonchev–Trinajstić information content (AvgIpc) is 3.07. The molecule has 0 unspecified atom stereocenters. The van der Waals surface area contributed by atoms with E-state index in [1.807, 2.05) is 11.8 Å². The number of aryl methyl sites for hydroxylation is 2. The lowest BCUT2D eigenvalue weighted by molar-refractivity contribution is 0.0787. The van der Waals surface area contributed by atoms with Gasteiger partial charge in [-0.05, 0) is 38.3 Å². The van der Waals surface area contributed by atoms with Crippen LogP contribution in [0.15, 0.2) is 30.3 Å². The molecule has 1 aliphatic rings. The molecule has 0 radical (unpaired) electrons. The van der Waals surface area contributed by atoms with Gasteiger partial charge in [-0.15, -0.1) is 0 Å². The highest BCUT2D eigenvalue weighted by molar-refractivity contribution is 5.92. The topological polar surface area (TPSA) is 58.1 Å². The number of likely N-dealkylation sites (tertiary alicyclic amines) is 1. The number of hydrogen-bond donors (Lipinski definition) is 1. The molecule has 1 fully saturated rings. The Morgan fingerprint density at radius 2 is 1.83 bits per heavy atom. The van der Waals surface area contributed by atoms with Gasteiger partial charge in [-0.2, -0.15) is 0 Å². The van der Waals surface area contributed by atoms with Gasteiger partial charge in [0.05, 0.1) is 0 Å². The summed E-state index contributed by atoms with van der Waals surface area (Å²) in [6, 6.07) is 10.1. The first-order chi connectivity index (χ1) is 11.1. The second kappa shape index (κ2) is 6.77. The molecule has 0 saturated carbocycles. The van der Waals surface area contributed by atoms with Gasteiger partial charge in [-0.25, -0.2) is 9.97 Å². The van der Waals surface area contributed by atoms with Gasteiger partial charge in [-0.3, -0.25) is 4.79 Å². The summed E-state index contributed by atoms with van der Waals surface area (Å²) in [5.41, 5.74) is 3.67. The van der Waals surface area contributed by atoms with Crippen LogP contribution in [0.2, 0.25) is 0 Å². The fourth-order valence-corrected chi connectivity index (χ4v) is 2.73. The molecule has 5 nitrogen and oxygen atoms in total. The van der Waals surface area contributed by atoms with Gasteiger partial charge in [0.2, 0.25) is 5.95 Å². The Morgan fingerprint density at radius 3 is 2.52 bits per heavy atom. The number of carbonyl (C=O) groups is 1. The van der Waals surface area contributed by atoms with Crippen LogP contribution >= 0.6 is 0 Å². The first-order valence-electron chi connectivity index (χ1n) is 8.06. The van der Waals surface area contributed by atoms with Gasteiger partial charge in [0.1, 0.15) is 5.69 Å². The molecule has 0 atom stereocenters. The molecule has 23 heavy (non-hydrogen) atoms. The highest BCUT2D eigenvalue weighted by Gasteiger charge is 2.21. The number of amides is 1. The molecule has 0 aliphatic carbocycles. The van der Waals surface area contributed by atoms with Crippen LogP contribution in [0.3, 0.4) is 0 Å². The molecule has 120 valence electrons. The van der Waals surface area contributed by atoms with Crippen molar-refractivity contribution in [3.8, 4) is 0 Å². The van der Waals surface area contributed by atoms with Crippen LogP contribution in [0.4, 0.5) is 5.95 Å². The fraction of sp³-hybridized carbons (Fsp3) is 0.389. The lowest BCUT2D eigenvalue weighted by Crippen LogP contribution is -2.28. The molecule has 1 aliphatic heterocycles. The van der Waals surface area contributed by atoms with Crippen LogP contribution in [-0.2, 0) is 6.54 Å². The number of nitrogens with zero attached hydrogens (tertiary/aromatic N) is 3. The quantitative estimate of drug-likeness (QED) is 0.943. The number of benzene rings is 1. The maximum atomic E-state index is 12.5. The predicted octanol–water partition coefficient (Wildman–Crippen LogP) is 2.94. The number of nitrogens with one attached hydrogen (secondary N) is 1. The van der Waals surface area contributed by atoms with Gasteiger partial charge in [0.25, 0.3) is 5.91 Å². The second-order valence-corrected chi connectivity index (χ2v) is 6.06. The van der Waals surface area contributed by atoms with Crippen molar-refractivity contribution >= 4 is 11.9 Å². The molecule has 5 heteroatoms. The van der Waals surface area contributed by atoms with Crippen molar-refractivity contribution in [2.75, 3.05) is 18.4 Å². The summed E-state index contributed by atoms with van der Waals surface area (Å²) < 4.78 is 0. The first-order valence-corrected chi connectivity index (χ1v) is 8.06. The van der Waals surface area contributed by atoms with E-state index in [-0.39, 0.29) is 5.91 Å². The summed E-state index contributed by atoms with van der Waals surface area (Å²) in [5.74, 6) is 0.513. The van der Waals surface area contributed by atoms with E-state index in [2.05, 4.69) is 46.5 Å². The maximum absolute atomic E-state index is 12.5. The van der Waals surface area contributed by atoms with Crippen molar-refractivity contribution in [2.24, 2.45) is 0 Å². The molecule has 1 aromatic heterocycles. The monoisotopic (exact) mass is 310 g/mol. The molecule has 1 N–H and O–H groups in total. The molecule has 1 amide bonds. The standard InChI is InChI=1S/C18H22N4O/c1-13-5-7-15(8-6-13)12-19-18-20-14(2)11-16(21-18)17(23)22-9-3-4-10-22/h5-8,11H,3-4,9-10,12H2,1-2H3,(H,19,20,21). The first kappa shape index (κ1) is 15.5. The Bertz CT molecular complexity index is 691. The molecule has 1 aromatic carbocycles. The van der Waals surface area contributed by atoms with E-state index < -0.39 is 0 Å². The Morgan fingerprint density at radius 1 is 1.13 bits per heavy atom. The summed E-state index contributed by atoms with van der Waals surface area (Å²) in [5, 5.41) is 3.21. The van der Waals surface area contributed by atoms with Crippen molar-refractivity contribution < 1.29 is 4.79 Å². The third-order valence-electron chi connectivity index (χ3n) is 4.04. The third-order valence-corrected chi connectivity index (χ3v) is 4.04. The summed E-state index contributed by atoms with van der Waals surface area (Å²) in [7, 11) is 0. The largest absolute Gasteiger partial charge is 0.350 e. The van der Waals surface area contributed by atoms with E-state index in [0.29, 0.717) is 18.2 Å². The number of aromatic nitrogens is 2. The lowest BCUT2D eigenvalue weighted by Gasteiger charge is -2.15. The molecular weight excluding hydrogens is 288 g/mol. The third kappa shape index (κ3) is 3.86. The van der Waals surface area contributed by atoms with Gasteiger partial charge in [-0.1, -0.05) is 29.8 Å². The molecule has 0 bridgehead atoms. The van der Waals surface area contributed by atoms with Crippen LogP contribution in [0.25, 0.3) is 0 Å². The summed E-state index contributed by atoms with van der Waals surface area (Å²) in [4.78, 5) is 23.1. The molecule has 0 spiro atoms. The number of rotatable bonds is 4. The Kier molecular flexibility index (Phi) is 4.55. The minimum absolute atomic E-state index is 0.00591. The van der Waals surface area contributed by atoms with Crippen LogP contribution in [0.1, 0.15) is 40.2 Å². The number of anilines is 1. The lowest BCUT2D eigenvalue weighted by atomic mass is 10.1. The molecule has 1 saturated heterocycles. The van der Waals surface area contributed by atoms with Crippen molar-refractivity contribution in [2.45, 2.75) is 33.2 Å². The summed E-state index contributed by atoms with van der Waals surface area (Å²) in [6.07, 6.45) is 2.16. The SMILES string of the molecule is Cc1ccc(CNc2nc(C)cc(C(=O)N3CCCC3)n2)cc1. The van der Waals surface area contributed by atoms with E-state index in [1.54, 1.807) is 6.07 Å². The predicted molar refractivity (Wildman–Crippen MR) is 90.4 cm³/mol. The molecule has 2 aromatic rings. The zero-order valence-corrected chi connectivity index (χ0v) is 13.7. The van der Waals surface area contributed by atoms with Crippen molar-refractivity contribution in [3.05, 3.63) is 52.8 Å². The molecular formula is C18H22N4O. The van der Waals surface area contributed by atoms with E-state index in [4.69, 9.17) is 0 Å². The molecule has 2 heterocycles. The van der Waals surface area contributed by atoms with Gasteiger partial charge in [0.15, 0.2) is 0 Å².